The molecule has 0 atom stereocenters. The molecule has 3 amide bonds. The lowest BCUT2D eigenvalue weighted by Gasteiger charge is -2.19. The Morgan fingerprint density at radius 1 is 1.39 bits per heavy atom. The lowest BCUT2D eigenvalue weighted by atomic mass is 10.2. The summed E-state index contributed by atoms with van der Waals surface area (Å²) in [6.07, 6.45) is -0.795. The van der Waals surface area contributed by atoms with Crippen molar-refractivity contribution in [3.05, 3.63) is 17.3 Å². The van der Waals surface area contributed by atoms with Crippen molar-refractivity contribution < 1.29 is 14.3 Å². The van der Waals surface area contributed by atoms with Crippen LogP contribution in [0.1, 0.15) is 20.8 Å². The second kappa shape index (κ2) is 4.13. The number of hydrogen-bond donors (Lipinski definition) is 1. The predicted octanol–water partition coefficient (Wildman–Crippen LogP) is 2.83. The summed E-state index contributed by atoms with van der Waals surface area (Å²) in [5.74, 6) is 0.448. The molecule has 0 bridgehead atoms. The highest BCUT2D eigenvalue weighted by molar-refractivity contribution is 6.30. The SMILES string of the molecule is CC(C)(C)OC(=O)NC(=O)N1c2ccc(Cl)nc21. The number of ether oxygens (including phenoxy) is 1. The largest absolute Gasteiger partial charge is 0.443 e. The summed E-state index contributed by atoms with van der Waals surface area (Å²) in [7, 11) is 0. The normalized spacial score (nSPS) is 12.8. The Hall–Kier alpha value is -1.82. The molecule has 7 heteroatoms. The zero-order valence-electron chi connectivity index (χ0n) is 10.2. The van der Waals surface area contributed by atoms with Gasteiger partial charge in [0.25, 0.3) is 0 Å². The van der Waals surface area contributed by atoms with E-state index in [2.05, 4.69) is 10.3 Å². The summed E-state index contributed by atoms with van der Waals surface area (Å²) in [5.41, 5.74) is -0.0297. The predicted molar refractivity (Wildman–Crippen MR) is 66.2 cm³/mol. The van der Waals surface area contributed by atoms with Crippen LogP contribution in [0.3, 0.4) is 0 Å². The first-order chi connectivity index (χ1) is 8.28. The van der Waals surface area contributed by atoms with Crippen molar-refractivity contribution in [1.82, 2.24) is 10.3 Å². The average Bonchev–Trinajstić information content (AvgIpc) is 2.86. The van der Waals surface area contributed by atoms with Gasteiger partial charge in [0.1, 0.15) is 10.8 Å². The Morgan fingerprint density at radius 3 is 2.61 bits per heavy atom. The molecule has 0 fully saturated rings. The van der Waals surface area contributed by atoms with E-state index in [9.17, 15) is 9.59 Å². The minimum Gasteiger partial charge on any atom is -0.443 e. The molecule has 1 aromatic rings. The number of pyridine rings is 1. The molecule has 96 valence electrons. The maximum Gasteiger partial charge on any atom is 0.415 e. The number of hydrogen-bond acceptors (Lipinski definition) is 4. The number of fused-ring (bicyclic) bond motifs is 1. The second-order valence-corrected chi connectivity index (χ2v) is 5.13. The van der Waals surface area contributed by atoms with Crippen molar-refractivity contribution in [2.45, 2.75) is 26.4 Å². The van der Waals surface area contributed by atoms with Gasteiger partial charge >= 0.3 is 12.1 Å². The van der Waals surface area contributed by atoms with Crippen LogP contribution in [0.25, 0.3) is 0 Å². The summed E-state index contributed by atoms with van der Waals surface area (Å²) in [6, 6.07) is 2.62. The van der Waals surface area contributed by atoms with Gasteiger partial charge in [-0.05, 0) is 32.9 Å². The Morgan fingerprint density at radius 2 is 2.06 bits per heavy atom. The standard InChI is InChI=1S/C11H12ClN3O3/c1-11(2,3)18-10(17)14-9(16)15-6-4-5-7(12)13-8(6)15/h4-5H,1-3H3,(H,14,16,17). The lowest BCUT2D eigenvalue weighted by molar-refractivity contribution is 0.0550. The molecular weight excluding hydrogens is 258 g/mol. The Kier molecular flexibility index (Phi) is 2.90. The van der Waals surface area contributed by atoms with Crippen LogP contribution in [0.15, 0.2) is 12.1 Å². The number of amides is 3. The topological polar surface area (TPSA) is 71.3 Å². The number of rotatable bonds is 0. The molecule has 18 heavy (non-hydrogen) atoms. The molecule has 0 saturated carbocycles. The molecule has 2 rings (SSSR count). The summed E-state index contributed by atoms with van der Waals surface area (Å²) in [6.45, 7) is 5.14. The van der Waals surface area contributed by atoms with Crippen molar-refractivity contribution in [3.63, 3.8) is 0 Å². The number of anilines is 2. The van der Waals surface area contributed by atoms with Gasteiger partial charge in [-0.15, -0.1) is 0 Å². The third kappa shape index (κ3) is 2.70. The minimum absolute atomic E-state index is 0.293. The first kappa shape index (κ1) is 12.6. The maximum absolute atomic E-state index is 11.7. The van der Waals surface area contributed by atoms with Crippen LogP contribution >= 0.6 is 11.6 Å². The van der Waals surface area contributed by atoms with Gasteiger partial charge in [0.2, 0.25) is 0 Å². The van der Waals surface area contributed by atoms with Crippen molar-refractivity contribution in [1.29, 1.82) is 0 Å². The summed E-state index contributed by atoms with van der Waals surface area (Å²) >= 11 is 5.68. The Balaban J connectivity index is 1.94. The third-order valence-electron chi connectivity index (χ3n) is 2.03. The molecule has 1 aliphatic rings. The number of halogens is 1. The Labute approximate surface area is 109 Å². The highest BCUT2D eigenvalue weighted by Crippen LogP contribution is 2.46. The van der Waals surface area contributed by atoms with Crippen LogP contribution in [0.2, 0.25) is 5.15 Å². The van der Waals surface area contributed by atoms with E-state index < -0.39 is 17.7 Å². The fraction of sp³-hybridized carbons (Fsp3) is 0.364. The third-order valence-corrected chi connectivity index (χ3v) is 2.24. The first-order valence-corrected chi connectivity index (χ1v) is 5.66. The van der Waals surface area contributed by atoms with E-state index in [1.807, 2.05) is 0 Å². The fourth-order valence-electron chi connectivity index (χ4n) is 1.36. The number of carbonyl (C=O) groups is 2. The van der Waals surface area contributed by atoms with E-state index in [4.69, 9.17) is 16.3 Å². The van der Waals surface area contributed by atoms with Crippen LogP contribution in [-0.4, -0.2) is 22.7 Å². The summed E-state index contributed by atoms with van der Waals surface area (Å²) in [4.78, 5) is 28.3. The average molecular weight is 270 g/mol. The van der Waals surface area contributed by atoms with E-state index >= 15 is 0 Å². The highest BCUT2D eigenvalue weighted by Gasteiger charge is 2.38. The summed E-state index contributed by atoms with van der Waals surface area (Å²) in [5, 5.41) is 2.40. The number of alkyl carbamates (subject to hydrolysis) is 1. The van der Waals surface area contributed by atoms with Crippen LogP contribution < -0.4 is 10.2 Å². The Bertz CT molecular complexity index is 525. The van der Waals surface area contributed by atoms with Gasteiger partial charge in [0.05, 0.1) is 5.69 Å². The molecule has 0 aromatic carbocycles. The molecule has 0 saturated heterocycles. The maximum atomic E-state index is 11.7. The number of aromatic nitrogens is 1. The van der Waals surface area contributed by atoms with Crippen molar-refractivity contribution in [2.75, 3.05) is 4.90 Å². The quantitative estimate of drug-likeness (QED) is 0.581. The van der Waals surface area contributed by atoms with E-state index in [1.165, 1.54) is 4.90 Å². The van der Waals surface area contributed by atoms with Crippen molar-refractivity contribution >= 4 is 35.2 Å². The minimum atomic E-state index is -0.795. The molecule has 0 aliphatic carbocycles. The van der Waals surface area contributed by atoms with Gasteiger partial charge in [0.15, 0.2) is 5.82 Å². The molecule has 0 radical (unpaired) electrons. The monoisotopic (exact) mass is 269 g/mol. The van der Waals surface area contributed by atoms with Crippen LogP contribution in [0.4, 0.5) is 21.1 Å². The van der Waals surface area contributed by atoms with Crippen LogP contribution in [0.5, 0.6) is 0 Å². The van der Waals surface area contributed by atoms with Gasteiger partial charge in [0, 0.05) is 0 Å². The van der Waals surface area contributed by atoms with Crippen molar-refractivity contribution in [2.24, 2.45) is 0 Å². The molecule has 0 spiro atoms. The van der Waals surface area contributed by atoms with E-state index in [-0.39, 0.29) is 0 Å². The molecule has 2 heterocycles. The number of urea groups is 1. The zero-order chi connectivity index (χ0) is 13.5. The molecule has 1 aliphatic heterocycles. The van der Waals surface area contributed by atoms with Gasteiger partial charge < -0.3 is 4.74 Å². The van der Waals surface area contributed by atoms with Gasteiger partial charge in [-0.2, -0.15) is 0 Å². The second-order valence-electron chi connectivity index (χ2n) is 4.74. The van der Waals surface area contributed by atoms with E-state index in [0.717, 1.165) is 0 Å². The van der Waals surface area contributed by atoms with Gasteiger partial charge in [-0.25, -0.2) is 24.8 Å². The molecule has 0 unspecified atom stereocenters. The molecule has 6 nitrogen and oxygen atoms in total. The van der Waals surface area contributed by atoms with Gasteiger partial charge in [-0.3, -0.25) is 0 Å². The summed E-state index contributed by atoms with van der Waals surface area (Å²) < 4.78 is 4.96. The lowest BCUT2D eigenvalue weighted by Crippen LogP contribution is -2.39. The highest BCUT2D eigenvalue weighted by atomic mass is 35.5. The van der Waals surface area contributed by atoms with Crippen LogP contribution in [0, 0.1) is 0 Å². The van der Waals surface area contributed by atoms with E-state index in [1.54, 1.807) is 32.9 Å². The number of nitrogens with zero attached hydrogens (tertiary/aromatic N) is 2. The molecular formula is C11H12ClN3O3. The smallest absolute Gasteiger partial charge is 0.415 e. The molecule has 1 N–H and O–H groups in total. The zero-order valence-corrected chi connectivity index (χ0v) is 10.9. The first-order valence-electron chi connectivity index (χ1n) is 5.28. The van der Waals surface area contributed by atoms with Gasteiger partial charge in [-0.1, -0.05) is 11.6 Å². The van der Waals surface area contributed by atoms with Crippen LogP contribution in [-0.2, 0) is 4.74 Å². The fourth-order valence-corrected chi connectivity index (χ4v) is 1.51. The van der Waals surface area contributed by atoms with Crippen molar-refractivity contribution in [3.8, 4) is 0 Å². The molecule has 1 aromatic heterocycles. The van der Waals surface area contributed by atoms with E-state index in [0.29, 0.717) is 16.7 Å². The number of carbonyl (C=O) groups excluding carboxylic acids is 2. The number of imide groups is 1. The number of nitrogens with one attached hydrogen (secondary N) is 1.